The fraction of sp³-hybridized carbons (Fsp3) is 0.294. The summed E-state index contributed by atoms with van der Waals surface area (Å²) in [4.78, 5) is 27.6. The Balaban J connectivity index is 2.40. The van der Waals surface area contributed by atoms with Crippen molar-refractivity contribution in [3.8, 4) is 0 Å². The number of benzene rings is 1. The van der Waals surface area contributed by atoms with Crippen molar-refractivity contribution in [2.24, 2.45) is 0 Å². The fourth-order valence-corrected chi connectivity index (χ4v) is 2.68. The third-order valence-electron chi connectivity index (χ3n) is 3.53. The van der Waals surface area contributed by atoms with Gasteiger partial charge in [-0.1, -0.05) is 37.1 Å². The number of methoxy groups -OCH3 is 1. The van der Waals surface area contributed by atoms with Gasteiger partial charge in [0.1, 0.15) is 5.69 Å². The number of para-hydroxylation sites is 1. The second-order valence-electron chi connectivity index (χ2n) is 5.15. The standard InChI is InChI=1S/C17H19ClN2O3/c1-4-7-11-14(17(22)23-3)10(2)19-15(11)16(21)20-13-9-6-5-8-12(13)18/h5-6,8-9,19H,4,7H2,1-3H3,(H,20,21). The number of carbonyl (C=O) groups is 2. The van der Waals surface area contributed by atoms with Gasteiger partial charge in [-0.05, 0) is 31.0 Å². The zero-order valence-electron chi connectivity index (χ0n) is 13.3. The molecule has 0 aliphatic heterocycles. The summed E-state index contributed by atoms with van der Waals surface area (Å²) in [7, 11) is 1.33. The number of rotatable bonds is 5. The molecule has 0 aliphatic rings. The van der Waals surface area contributed by atoms with Crippen LogP contribution in [0.2, 0.25) is 5.02 Å². The van der Waals surface area contributed by atoms with Gasteiger partial charge >= 0.3 is 5.97 Å². The van der Waals surface area contributed by atoms with E-state index in [2.05, 4.69) is 10.3 Å². The molecule has 1 amide bonds. The molecule has 23 heavy (non-hydrogen) atoms. The Morgan fingerprint density at radius 1 is 1.30 bits per heavy atom. The summed E-state index contributed by atoms with van der Waals surface area (Å²) < 4.78 is 4.82. The molecule has 2 N–H and O–H groups in total. The first-order valence-corrected chi connectivity index (χ1v) is 7.73. The highest BCUT2D eigenvalue weighted by molar-refractivity contribution is 6.33. The monoisotopic (exact) mass is 334 g/mol. The molecule has 0 atom stereocenters. The van der Waals surface area contributed by atoms with Crippen LogP contribution in [0.15, 0.2) is 24.3 Å². The molecular weight excluding hydrogens is 316 g/mol. The lowest BCUT2D eigenvalue weighted by molar-refractivity contribution is 0.0599. The lowest BCUT2D eigenvalue weighted by atomic mass is 10.0. The molecule has 0 aliphatic carbocycles. The minimum absolute atomic E-state index is 0.334. The van der Waals surface area contributed by atoms with Crippen molar-refractivity contribution in [3.63, 3.8) is 0 Å². The third-order valence-corrected chi connectivity index (χ3v) is 3.86. The lowest BCUT2D eigenvalue weighted by Crippen LogP contribution is -2.15. The predicted molar refractivity (Wildman–Crippen MR) is 90.3 cm³/mol. The van der Waals surface area contributed by atoms with E-state index < -0.39 is 5.97 Å². The quantitative estimate of drug-likeness (QED) is 0.813. The van der Waals surface area contributed by atoms with Crippen LogP contribution in [0.3, 0.4) is 0 Å². The summed E-state index contributed by atoms with van der Waals surface area (Å²) in [6, 6.07) is 6.99. The number of nitrogens with one attached hydrogen (secondary N) is 2. The van der Waals surface area contributed by atoms with Crippen LogP contribution in [0.5, 0.6) is 0 Å². The average Bonchev–Trinajstić information content (AvgIpc) is 2.86. The van der Waals surface area contributed by atoms with Crippen molar-refractivity contribution in [2.45, 2.75) is 26.7 Å². The summed E-state index contributed by atoms with van der Waals surface area (Å²) in [5.41, 5.74) is 2.60. The number of esters is 1. The molecule has 0 saturated heterocycles. The molecule has 0 radical (unpaired) electrons. The van der Waals surface area contributed by atoms with Crippen molar-refractivity contribution < 1.29 is 14.3 Å². The zero-order valence-corrected chi connectivity index (χ0v) is 14.1. The summed E-state index contributed by atoms with van der Waals surface area (Å²) in [5.74, 6) is -0.779. The van der Waals surface area contributed by atoms with E-state index >= 15 is 0 Å². The molecule has 0 unspecified atom stereocenters. The molecule has 0 spiro atoms. The summed E-state index contributed by atoms with van der Waals surface area (Å²) in [6.07, 6.45) is 1.40. The summed E-state index contributed by atoms with van der Waals surface area (Å²) in [6.45, 7) is 3.73. The van der Waals surface area contributed by atoms with Crippen LogP contribution in [0.25, 0.3) is 0 Å². The average molecular weight is 335 g/mol. The van der Waals surface area contributed by atoms with Gasteiger partial charge < -0.3 is 15.0 Å². The van der Waals surface area contributed by atoms with Crippen LogP contribution in [-0.2, 0) is 11.2 Å². The molecule has 1 aromatic heterocycles. The molecule has 0 fully saturated rings. The first-order chi connectivity index (χ1) is 11.0. The van der Waals surface area contributed by atoms with Gasteiger partial charge in [0.05, 0.1) is 23.4 Å². The Morgan fingerprint density at radius 3 is 2.61 bits per heavy atom. The van der Waals surface area contributed by atoms with E-state index in [4.69, 9.17) is 16.3 Å². The third kappa shape index (κ3) is 3.56. The Bertz CT molecular complexity index is 737. The highest BCUT2D eigenvalue weighted by Gasteiger charge is 2.24. The number of H-pyrrole nitrogens is 1. The number of carbonyl (C=O) groups excluding carboxylic acids is 2. The number of aromatic nitrogens is 1. The summed E-state index contributed by atoms with van der Waals surface area (Å²) >= 11 is 6.07. The van der Waals surface area contributed by atoms with Crippen molar-refractivity contribution in [1.82, 2.24) is 4.98 Å². The minimum Gasteiger partial charge on any atom is -0.465 e. The van der Waals surface area contributed by atoms with Gasteiger partial charge in [0.2, 0.25) is 0 Å². The second-order valence-corrected chi connectivity index (χ2v) is 5.56. The predicted octanol–water partition coefficient (Wildman–Crippen LogP) is 3.97. The number of ether oxygens (including phenoxy) is 1. The number of hydrogen-bond donors (Lipinski definition) is 2. The molecule has 0 saturated carbocycles. The van der Waals surface area contributed by atoms with Crippen molar-refractivity contribution in [2.75, 3.05) is 12.4 Å². The smallest absolute Gasteiger partial charge is 0.339 e. The Hall–Kier alpha value is -2.27. The maximum absolute atomic E-state index is 12.6. The molecule has 2 rings (SSSR count). The molecule has 0 bridgehead atoms. The topological polar surface area (TPSA) is 71.2 Å². The number of anilines is 1. The Kier molecular flexibility index (Phi) is 5.45. The zero-order chi connectivity index (χ0) is 17.0. The molecular formula is C17H19ClN2O3. The van der Waals surface area contributed by atoms with Crippen LogP contribution in [0.4, 0.5) is 5.69 Å². The van der Waals surface area contributed by atoms with E-state index in [0.29, 0.717) is 39.6 Å². The van der Waals surface area contributed by atoms with E-state index in [1.165, 1.54) is 7.11 Å². The van der Waals surface area contributed by atoms with E-state index in [-0.39, 0.29) is 5.91 Å². The largest absolute Gasteiger partial charge is 0.465 e. The van der Waals surface area contributed by atoms with Crippen LogP contribution in [-0.4, -0.2) is 24.0 Å². The molecule has 122 valence electrons. The van der Waals surface area contributed by atoms with Gasteiger partial charge in [0.15, 0.2) is 0 Å². The molecule has 1 heterocycles. The van der Waals surface area contributed by atoms with Crippen LogP contribution >= 0.6 is 11.6 Å². The number of amides is 1. The van der Waals surface area contributed by atoms with Gasteiger partial charge in [-0.25, -0.2) is 4.79 Å². The fourth-order valence-electron chi connectivity index (χ4n) is 2.50. The van der Waals surface area contributed by atoms with Gasteiger partial charge in [-0.2, -0.15) is 0 Å². The van der Waals surface area contributed by atoms with Crippen LogP contribution < -0.4 is 5.32 Å². The van der Waals surface area contributed by atoms with E-state index in [1.54, 1.807) is 31.2 Å². The summed E-state index contributed by atoms with van der Waals surface area (Å²) in [5, 5.41) is 3.22. The SMILES string of the molecule is CCCc1c(C(=O)Nc2ccccc2Cl)[nH]c(C)c1C(=O)OC. The second kappa shape index (κ2) is 7.33. The van der Waals surface area contributed by atoms with E-state index in [1.807, 2.05) is 6.92 Å². The van der Waals surface area contributed by atoms with Crippen molar-refractivity contribution >= 4 is 29.2 Å². The molecule has 2 aromatic rings. The minimum atomic E-state index is -0.445. The Labute approximate surface area is 140 Å². The van der Waals surface area contributed by atoms with Crippen LogP contribution in [0.1, 0.15) is 45.4 Å². The Morgan fingerprint density at radius 2 is 2.00 bits per heavy atom. The number of halogens is 1. The molecule has 5 nitrogen and oxygen atoms in total. The number of aryl methyl sites for hydroxylation is 1. The number of aromatic amines is 1. The lowest BCUT2D eigenvalue weighted by Gasteiger charge is -2.08. The van der Waals surface area contributed by atoms with Gasteiger partial charge in [-0.3, -0.25) is 4.79 Å². The van der Waals surface area contributed by atoms with Crippen LogP contribution in [0, 0.1) is 6.92 Å². The van der Waals surface area contributed by atoms with Gasteiger partial charge in [-0.15, -0.1) is 0 Å². The highest BCUT2D eigenvalue weighted by atomic mass is 35.5. The van der Waals surface area contributed by atoms with Crippen molar-refractivity contribution in [1.29, 1.82) is 0 Å². The van der Waals surface area contributed by atoms with Gasteiger partial charge in [0.25, 0.3) is 5.91 Å². The first kappa shape index (κ1) is 17.1. The maximum Gasteiger partial charge on any atom is 0.339 e. The molecule has 1 aromatic carbocycles. The maximum atomic E-state index is 12.6. The molecule has 6 heteroatoms. The first-order valence-electron chi connectivity index (χ1n) is 7.35. The normalized spacial score (nSPS) is 10.4. The van der Waals surface area contributed by atoms with E-state index in [9.17, 15) is 9.59 Å². The number of hydrogen-bond acceptors (Lipinski definition) is 3. The van der Waals surface area contributed by atoms with Crippen molar-refractivity contribution in [3.05, 3.63) is 51.8 Å². The van der Waals surface area contributed by atoms with Gasteiger partial charge in [0, 0.05) is 5.69 Å². The van der Waals surface area contributed by atoms with E-state index in [0.717, 1.165) is 6.42 Å². The highest BCUT2D eigenvalue weighted by Crippen LogP contribution is 2.25.